The van der Waals surface area contributed by atoms with Crippen LogP contribution in [-0.2, 0) is 6.42 Å². The fourth-order valence-electron chi connectivity index (χ4n) is 2.12. The minimum Gasteiger partial charge on any atom is -0.356 e. The van der Waals surface area contributed by atoms with Crippen LogP contribution in [0.25, 0.3) is 0 Å². The van der Waals surface area contributed by atoms with Crippen LogP contribution in [0.15, 0.2) is 73.3 Å². The van der Waals surface area contributed by atoms with Gasteiger partial charge in [-0.05, 0) is 29.8 Å². The number of para-hydroxylation sites is 1. The van der Waals surface area contributed by atoms with Crippen LogP contribution < -0.4 is 5.32 Å². The summed E-state index contributed by atoms with van der Waals surface area (Å²) in [6.45, 7) is 0. The first-order valence-electron chi connectivity index (χ1n) is 6.73. The van der Waals surface area contributed by atoms with E-state index >= 15 is 0 Å². The molecule has 0 fully saturated rings. The third kappa shape index (κ3) is 3.36. The molecule has 0 aliphatic rings. The summed E-state index contributed by atoms with van der Waals surface area (Å²) in [7, 11) is 0. The highest BCUT2D eigenvalue weighted by Crippen LogP contribution is 2.17. The number of hydrogen-bond acceptors (Lipinski definition) is 3. The van der Waals surface area contributed by atoms with E-state index in [9.17, 15) is 4.79 Å². The van der Waals surface area contributed by atoms with Crippen molar-refractivity contribution in [3.63, 3.8) is 0 Å². The Labute approximate surface area is 123 Å². The molecule has 0 saturated carbocycles. The summed E-state index contributed by atoms with van der Waals surface area (Å²) in [6.07, 6.45) is 5.13. The number of rotatable bonds is 4. The average molecular weight is 277 g/mol. The van der Waals surface area contributed by atoms with Crippen LogP contribution in [0.2, 0.25) is 0 Å². The van der Waals surface area contributed by atoms with Gasteiger partial charge in [-0.25, -0.2) is 4.98 Å². The monoisotopic (exact) mass is 277 g/mol. The predicted molar refractivity (Wildman–Crippen MR) is 82.7 cm³/mol. The van der Waals surface area contributed by atoms with E-state index in [1.54, 1.807) is 12.4 Å². The summed E-state index contributed by atoms with van der Waals surface area (Å²) < 4.78 is 1.50. The molecule has 4 nitrogen and oxygen atoms in total. The van der Waals surface area contributed by atoms with Crippen LogP contribution >= 0.6 is 0 Å². The molecule has 1 heterocycles. The zero-order valence-electron chi connectivity index (χ0n) is 11.4. The number of carbonyl (C=O) groups excluding carboxylic acids is 1. The lowest BCUT2D eigenvalue weighted by Gasteiger charge is -2.08. The van der Waals surface area contributed by atoms with Crippen molar-refractivity contribution in [3.05, 3.63) is 78.9 Å². The molecule has 0 radical (unpaired) electrons. The maximum Gasteiger partial charge on any atom is 0.236 e. The Bertz CT molecular complexity index is 721. The van der Waals surface area contributed by atoms with E-state index in [-0.39, 0.29) is 5.91 Å². The lowest BCUT2D eigenvalue weighted by atomic mass is 10.1. The highest BCUT2D eigenvalue weighted by molar-refractivity contribution is 5.81. The van der Waals surface area contributed by atoms with Gasteiger partial charge in [-0.3, -0.25) is 9.36 Å². The molecule has 3 rings (SSSR count). The highest BCUT2D eigenvalue weighted by atomic mass is 16.2. The van der Waals surface area contributed by atoms with Gasteiger partial charge in [0.15, 0.2) is 0 Å². The van der Waals surface area contributed by atoms with Crippen molar-refractivity contribution >= 4 is 17.3 Å². The third-order valence-electron chi connectivity index (χ3n) is 3.14. The first kappa shape index (κ1) is 13.1. The van der Waals surface area contributed by atoms with E-state index in [1.165, 1.54) is 10.9 Å². The van der Waals surface area contributed by atoms with E-state index < -0.39 is 0 Å². The molecule has 21 heavy (non-hydrogen) atoms. The van der Waals surface area contributed by atoms with Gasteiger partial charge < -0.3 is 5.32 Å². The quantitative estimate of drug-likeness (QED) is 0.793. The summed E-state index contributed by atoms with van der Waals surface area (Å²) >= 11 is 0. The molecule has 0 aliphatic carbocycles. The standard InChI is InChI=1S/C17H15N3O/c21-17(20-10-9-18-13-20)12-14-5-4-8-16(11-14)19-15-6-2-1-3-7-15/h1-11,13,19H,12H2. The molecule has 4 heteroatoms. The molecule has 0 aliphatic heterocycles. The number of nitrogens with one attached hydrogen (secondary N) is 1. The number of imidazole rings is 1. The summed E-state index contributed by atoms with van der Waals surface area (Å²) in [5, 5.41) is 3.32. The van der Waals surface area contributed by atoms with Crippen LogP contribution in [0.1, 0.15) is 10.4 Å². The van der Waals surface area contributed by atoms with Crippen molar-refractivity contribution in [2.75, 3.05) is 5.32 Å². The Morgan fingerprint density at radius 2 is 1.86 bits per heavy atom. The average Bonchev–Trinajstić information content (AvgIpc) is 3.03. The molecule has 1 N–H and O–H groups in total. The lowest BCUT2D eigenvalue weighted by molar-refractivity contribution is 0.0914. The predicted octanol–water partition coefficient (Wildman–Crippen LogP) is 3.51. The Morgan fingerprint density at radius 3 is 2.62 bits per heavy atom. The van der Waals surface area contributed by atoms with Gasteiger partial charge in [-0.1, -0.05) is 30.3 Å². The molecule has 0 spiro atoms. The van der Waals surface area contributed by atoms with Crippen molar-refractivity contribution in [3.8, 4) is 0 Å². The van der Waals surface area contributed by atoms with Crippen molar-refractivity contribution in [1.29, 1.82) is 0 Å². The number of hydrogen-bond donors (Lipinski definition) is 1. The summed E-state index contributed by atoms with van der Waals surface area (Å²) in [5.41, 5.74) is 2.96. The van der Waals surface area contributed by atoms with Crippen LogP contribution in [0.5, 0.6) is 0 Å². The van der Waals surface area contributed by atoms with Crippen LogP contribution in [-0.4, -0.2) is 15.5 Å². The topological polar surface area (TPSA) is 46.9 Å². The molecular weight excluding hydrogens is 262 g/mol. The minimum atomic E-state index is 0.00404. The van der Waals surface area contributed by atoms with Gasteiger partial charge in [0, 0.05) is 23.8 Å². The third-order valence-corrected chi connectivity index (χ3v) is 3.14. The maximum atomic E-state index is 12.0. The van der Waals surface area contributed by atoms with E-state index in [0.29, 0.717) is 6.42 Å². The molecule has 2 aromatic carbocycles. The van der Waals surface area contributed by atoms with Gasteiger partial charge >= 0.3 is 0 Å². The van der Waals surface area contributed by atoms with E-state index in [0.717, 1.165) is 16.9 Å². The molecule has 0 amide bonds. The van der Waals surface area contributed by atoms with Gasteiger partial charge in [0.2, 0.25) is 5.91 Å². The first-order valence-corrected chi connectivity index (χ1v) is 6.73. The van der Waals surface area contributed by atoms with Gasteiger partial charge in [0.05, 0.1) is 6.42 Å². The molecule has 3 aromatic rings. The van der Waals surface area contributed by atoms with E-state index in [2.05, 4.69) is 10.3 Å². The second kappa shape index (κ2) is 6.05. The Balaban J connectivity index is 1.73. The van der Waals surface area contributed by atoms with Gasteiger partial charge in [-0.2, -0.15) is 0 Å². The summed E-state index contributed by atoms with van der Waals surface area (Å²) in [6, 6.07) is 17.8. The van der Waals surface area contributed by atoms with Gasteiger partial charge in [0.25, 0.3) is 0 Å². The summed E-state index contributed by atoms with van der Waals surface area (Å²) in [4.78, 5) is 15.9. The van der Waals surface area contributed by atoms with Gasteiger partial charge in [0.1, 0.15) is 6.33 Å². The number of nitrogens with zero attached hydrogens (tertiary/aromatic N) is 2. The van der Waals surface area contributed by atoms with Crippen LogP contribution in [0.3, 0.4) is 0 Å². The molecule has 104 valence electrons. The highest BCUT2D eigenvalue weighted by Gasteiger charge is 2.06. The van der Waals surface area contributed by atoms with Crippen molar-refractivity contribution in [1.82, 2.24) is 9.55 Å². The summed E-state index contributed by atoms with van der Waals surface area (Å²) in [5.74, 6) is 0.00404. The fourth-order valence-corrected chi connectivity index (χ4v) is 2.12. The number of anilines is 2. The van der Waals surface area contributed by atoms with E-state index in [1.807, 2.05) is 54.6 Å². The molecule has 0 bridgehead atoms. The number of benzene rings is 2. The van der Waals surface area contributed by atoms with Crippen LogP contribution in [0.4, 0.5) is 11.4 Å². The molecular formula is C17H15N3O. The van der Waals surface area contributed by atoms with E-state index in [4.69, 9.17) is 0 Å². The second-order valence-corrected chi connectivity index (χ2v) is 4.73. The molecule has 1 aromatic heterocycles. The fraction of sp³-hybridized carbons (Fsp3) is 0.0588. The SMILES string of the molecule is O=C(Cc1cccc(Nc2ccccc2)c1)n1ccnc1. The Morgan fingerprint density at radius 1 is 1.05 bits per heavy atom. The second-order valence-electron chi connectivity index (χ2n) is 4.73. The van der Waals surface area contributed by atoms with Crippen LogP contribution in [0, 0.1) is 0 Å². The lowest BCUT2D eigenvalue weighted by Crippen LogP contribution is -2.11. The normalized spacial score (nSPS) is 10.3. The smallest absolute Gasteiger partial charge is 0.236 e. The number of carbonyl (C=O) groups is 1. The molecule has 0 saturated heterocycles. The minimum absolute atomic E-state index is 0.00404. The van der Waals surface area contributed by atoms with Crippen molar-refractivity contribution in [2.24, 2.45) is 0 Å². The molecule has 0 atom stereocenters. The largest absolute Gasteiger partial charge is 0.356 e. The Hall–Kier alpha value is -2.88. The van der Waals surface area contributed by atoms with Gasteiger partial charge in [-0.15, -0.1) is 0 Å². The maximum absolute atomic E-state index is 12.0. The number of aromatic nitrogens is 2. The van der Waals surface area contributed by atoms with Crippen molar-refractivity contribution in [2.45, 2.75) is 6.42 Å². The Kier molecular flexibility index (Phi) is 3.78. The first-order chi connectivity index (χ1) is 10.3. The zero-order chi connectivity index (χ0) is 14.5. The zero-order valence-corrected chi connectivity index (χ0v) is 11.4. The van der Waals surface area contributed by atoms with Crippen molar-refractivity contribution < 1.29 is 4.79 Å². The molecule has 0 unspecified atom stereocenters.